The summed E-state index contributed by atoms with van der Waals surface area (Å²) in [4.78, 5) is 15.4. The van der Waals surface area contributed by atoms with Gasteiger partial charge in [0.25, 0.3) is 5.91 Å². The number of unbranched alkanes of at least 4 members (excludes halogenated alkanes) is 4. The van der Waals surface area contributed by atoms with Gasteiger partial charge in [-0.25, -0.2) is 0 Å². The number of nitrogens with zero attached hydrogens (tertiary/aromatic N) is 2. The summed E-state index contributed by atoms with van der Waals surface area (Å²) in [6.45, 7) is 9.61. The van der Waals surface area contributed by atoms with E-state index in [4.69, 9.17) is 4.74 Å². The van der Waals surface area contributed by atoms with Crippen LogP contribution in [0.15, 0.2) is 36.4 Å². The van der Waals surface area contributed by atoms with Gasteiger partial charge in [-0.15, -0.1) is 0 Å². The second-order valence-corrected chi connectivity index (χ2v) is 9.57. The lowest BCUT2D eigenvalue weighted by Gasteiger charge is -2.26. The van der Waals surface area contributed by atoms with Gasteiger partial charge in [0, 0.05) is 17.7 Å². The molecule has 0 spiro atoms. The first kappa shape index (κ1) is 24.8. The molecule has 1 atom stereocenters. The first-order valence-electron chi connectivity index (χ1n) is 12.9. The normalized spacial score (nSPS) is 15.0. The number of phenols is 1. The first-order valence-corrected chi connectivity index (χ1v) is 12.9. The second kappa shape index (κ2) is 11.0. The van der Waals surface area contributed by atoms with Crippen molar-refractivity contribution in [1.29, 1.82) is 0 Å². The number of benzene rings is 2. The number of aryl methyl sites for hydroxylation is 2. The second-order valence-electron chi connectivity index (χ2n) is 9.57. The summed E-state index contributed by atoms with van der Waals surface area (Å²) in [6.07, 6.45) is 6.47. The van der Waals surface area contributed by atoms with E-state index in [0.29, 0.717) is 30.1 Å². The average Bonchev–Trinajstić information content (AvgIpc) is 3.39. The third kappa shape index (κ3) is 5.07. The number of H-pyrrole nitrogens is 1. The monoisotopic (exact) mass is 475 g/mol. The topological polar surface area (TPSA) is 78.5 Å². The van der Waals surface area contributed by atoms with Gasteiger partial charge in [0.15, 0.2) is 0 Å². The Morgan fingerprint density at radius 2 is 1.74 bits per heavy atom. The molecule has 35 heavy (non-hydrogen) atoms. The molecule has 0 aliphatic carbocycles. The number of fused-ring (bicyclic) bond motifs is 1. The van der Waals surface area contributed by atoms with Crippen LogP contribution in [0, 0.1) is 13.8 Å². The highest BCUT2D eigenvalue weighted by Gasteiger charge is 2.42. The summed E-state index contributed by atoms with van der Waals surface area (Å²) < 4.78 is 5.91. The third-order valence-electron chi connectivity index (χ3n) is 6.78. The van der Waals surface area contributed by atoms with Crippen LogP contribution >= 0.6 is 0 Å². The third-order valence-corrected chi connectivity index (χ3v) is 6.78. The van der Waals surface area contributed by atoms with Gasteiger partial charge < -0.3 is 14.7 Å². The van der Waals surface area contributed by atoms with E-state index in [1.165, 1.54) is 0 Å². The molecule has 0 fully saturated rings. The lowest BCUT2D eigenvalue weighted by molar-refractivity contribution is 0.0740. The minimum atomic E-state index is -0.266. The zero-order chi connectivity index (χ0) is 24.9. The zero-order valence-corrected chi connectivity index (χ0v) is 21.4. The number of hydrogen-bond donors (Lipinski definition) is 2. The molecule has 3 aromatic rings. The summed E-state index contributed by atoms with van der Waals surface area (Å²) in [6, 6.07) is 11.7. The summed E-state index contributed by atoms with van der Waals surface area (Å²) in [5, 5.41) is 18.4. The number of ether oxygens (including phenoxy) is 1. The zero-order valence-electron chi connectivity index (χ0n) is 21.4. The van der Waals surface area contributed by atoms with Crippen LogP contribution in [0.1, 0.15) is 91.2 Å². The van der Waals surface area contributed by atoms with Crippen LogP contribution in [0.25, 0.3) is 11.3 Å². The highest BCUT2D eigenvalue weighted by atomic mass is 16.5. The molecule has 0 radical (unpaired) electrons. The number of rotatable bonds is 11. The molecule has 6 heteroatoms. The van der Waals surface area contributed by atoms with Crippen molar-refractivity contribution in [3.05, 3.63) is 64.3 Å². The molecule has 4 rings (SSSR count). The largest absolute Gasteiger partial charge is 0.507 e. The molecule has 6 nitrogen and oxygen atoms in total. The SMILES string of the molecule is CCCCCOc1ccc(C2c3c(-c4cc(C)cc(C)c4O)n[nH]c3C(=O)N2CCCCC)cc1. The van der Waals surface area contributed by atoms with E-state index in [0.717, 1.165) is 66.5 Å². The molecule has 1 aromatic heterocycles. The van der Waals surface area contributed by atoms with Crippen LogP contribution in [0.5, 0.6) is 11.5 Å². The fraction of sp³-hybridized carbons (Fsp3) is 0.448. The van der Waals surface area contributed by atoms with Crippen molar-refractivity contribution in [3.8, 4) is 22.8 Å². The Labute approximate surface area is 208 Å². The van der Waals surface area contributed by atoms with E-state index in [-0.39, 0.29) is 17.7 Å². The quantitative estimate of drug-likeness (QED) is 0.302. The van der Waals surface area contributed by atoms with Crippen molar-refractivity contribution in [2.24, 2.45) is 0 Å². The Hall–Kier alpha value is -3.28. The van der Waals surface area contributed by atoms with Gasteiger partial charge in [-0.2, -0.15) is 5.10 Å². The number of aromatic amines is 1. The summed E-state index contributed by atoms with van der Waals surface area (Å²) in [5.74, 6) is 1.01. The number of phenolic OH excluding ortho intramolecular Hbond substituents is 1. The molecular formula is C29H37N3O3. The molecule has 186 valence electrons. The van der Waals surface area contributed by atoms with E-state index >= 15 is 0 Å². The molecule has 2 heterocycles. The van der Waals surface area contributed by atoms with Gasteiger partial charge in [0.05, 0.1) is 12.6 Å². The number of hydrogen-bond acceptors (Lipinski definition) is 4. The Kier molecular flexibility index (Phi) is 7.79. The van der Waals surface area contributed by atoms with Crippen LogP contribution in [-0.4, -0.2) is 39.3 Å². The number of carbonyl (C=O) groups is 1. The molecule has 2 aromatic carbocycles. The predicted molar refractivity (Wildman–Crippen MR) is 139 cm³/mol. The lowest BCUT2D eigenvalue weighted by Crippen LogP contribution is -2.30. The molecule has 1 aliphatic rings. The van der Waals surface area contributed by atoms with E-state index in [2.05, 4.69) is 24.0 Å². The Bertz CT molecular complexity index is 1170. The maximum atomic E-state index is 13.5. The summed E-state index contributed by atoms with van der Waals surface area (Å²) >= 11 is 0. The molecule has 1 unspecified atom stereocenters. The van der Waals surface area contributed by atoms with Crippen LogP contribution in [0.3, 0.4) is 0 Å². The van der Waals surface area contributed by atoms with Gasteiger partial charge in [0.2, 0.25) is 0 Å². The maximum Gasteiger partial charge on any atom is 0.273 e. The van der Waals surface area contributed by atoms with Crippen LogP contribution in [0.2, 0.25) is 0 Å². The van der Waals surface area contributed by atoms with Crippen molar-refractivity contribution in [2.75, 3.05) is 13.2 Å². The van der Waals surface area contributed by atoms with Crippen molar-refractivity contribution >= 4 is 5.91 Å². The van der Waals surface area contributed by atoms with Crippen molar-refractivity contribution in [1.82, 2.24) is 15.1 Å². The standard InChI is InChI=1S/C29H37N3O3/c1-5-7-9-15-32-27(21-11-13-22(14-12-21)35-16-10-8-6-2)24-25(30-31-26(24)29(32)34)23-18-19(3)17-20(4)28(23)33/h11-14,17-18,27,33H,5-10,15-16H2,1-4H3,(H,30,31). The summed E-state index contributed by atoms with van der Waals surface area (Å²) in [7, 11) is 0. The molecule has 2 N–H and O–H groups in total. The van der Waals surface area contributed by atoms with Gasteiger partial charge in [0.1, 0.15) is 22.9 Å². The van der Waals surface area contributed by atoms with E-state index in [1.807, 2.05) is 55.1 Å². The van der Waals surface area contributed by atoms with Gasteiger partial charge in [-0.1, -0.05) is 57.7 Å². The highest BCUT2D eigenvalue weighted by Crippen LogP contribution is 2.45. The van der Waals surface area contributed by atoms with Crippen LogP contribution in [0.4, 0.5) is 0 Å². The van der Waals surface area contributed by atoms with Gasteiger partial charge in [-0.05, 0) is 61.6 Å². The molecule has 0 saturated carbocycles. The number of aromatic nitrogens is 2. The van der Waals surface area contributed by atoms with E-state index < -0.39 is 0 Å². The number of carbonyl (C=O) groups excluding carboxylic acids is 1. The molecule has 0 bridgehead atoms. The Morgan fingerprint density at radius 1 is 1.03 bits per heavy atom. The van der Waals surface area contributed by atoms with Crippen LogP contribution < -0.4 is 4.74 Å². The minimum Gasteiger partial charge on any atom is -0.507 e. The Morgan fingerprint density at radius 3 is 2.46 bits per heavy atom. The minimum absolute atomic E-state index is 0.0383. The number of nitrogens with one attached hydrogen (secondary N) is 1. The fourth-order valence-electron chi connectivity index (χ4n) is 4.94. The highest BCUT2D eigenvalue weighted by molar-refractivity contribution is 6.00. The predicted octanol–water partition coefficient (Wildman–Crippen LogP) is 6.70. The molecular weight excluding hydrogens is 438 g/mol. The van der Waals surface area contributed by atoms with Crippen molar-refractivity contribution in [3.63, 3.8) is 0 Å². The molecule has 1 amide bonds. The Balaban J connectivity index is 1.72. The summed E-state index contributed by atoms with van der Waals surface area (Å²) in [5.41, 5.74) is 5.49. The van der Waals surface area contributed by atoms with Gasteiger partial charge in [-0.3, -0.25) is 9.89 Å². The van der Waals surface area contributed by atoms with Crippen molar-refractivity contribution < 1.29 is 14.6 Å². The average molecular weight is 476 g/mol. The fourth-order valence-corrected chi connectivity index (χ4v) is 4.94. The van der Waals surface area contributed by atoms with Crippen LogP contribution in [-0.2, 0) is 0 Å². The maximum absolute atomic E-state index is 13.5. The van der Waals surface area contributed by atoms with E-state index in [9.17, 15) is 9.90 Å². The van der Waals surface area contributed by atoms with Crippen molar-refractivity contribution in [2.45, 2.75) is 72.3 Å². The number of aromatic hydroxyl groups is 1. The molecule has 0 saturated heterocycles. The molecule has 1 aliphatic heterocycles. The van der Waals surface area contributed by atoms with E-state index in [1.54, 1.807) is 0 Å². The number of amides is 1. The smallest absolute Gasteiger partial charge is 0.273 e. The lowest BCUT2D eigenvalue weighted by atomic mass is 9.94. The first-order chi connectivity index (χ1) is 17.0. The van der Waals surface area contributed by atoms with Gasteiger partial charge >= 0.3 is 0 Å².